The van der Waals surface area contributed by atoms with E-state index >= 15 is 0 Å². The maximum atomic E-state index is 14.1. The van der Waals surface area contributed by atoms with Gasteiger partial charge in [0.15, 0.2) is 0 Å². The number of hydrogen-bond acceptors (Lipinski definition) is 4. The summed E-state index contributed by atoms with van der Waals surface area (Å²) < 4.78 is 0. The van der Waals surface area contributed by atoms with Crippen molar-refractivity contribution in [2.24, 2.45) is 11.8 Å². The first-order chi connectivity index (χ1) is 16.4. The predicted molar refractivity (Wildman–Crippen MR) is 130 cm³/mol. The second-order valence-electron chi connectivity index (χ2n) is 9.77. The lowest BCUT2D eigenvalue weighted by Crippen LogP contribution is -2.54. The van der Waals surface area contributed by atoms with Crippen LogP contribution in [0.1, 0.15) is 24.0 Å². The molecular weight excluding hydrogens is 450 g/mol. The fourth-order valence-corrected chi connectivity index (χ4v) is 7.12. The van der Waals surface area contributed by atoms with Crippen LogP contribution in [0.25, 0.3) is 10.8 Å². The summed E-state index contributed by atoms with van der Waals surface area (Å²) in [7, 11) is 0. The van der Waals surface area contributed by atoms with E-state index in [-0.39, 0.29) is 23.8 Å². The lowest BCUT2D eigenvalue weighted by molar-refractivity contribution is -0.135. The first-order valence-corrected chi connectivity index (χ1v) is 12.1. The van der Waals surface area contributed by atoms with Crippen molar-refractivity contribution in [2.75, 3.05) is 16.8 Å². The Balaban J connectivity index is 1.42. The van der Waals surface area contributed by atoms with E-state index in [1.807, 2.05) is 55.5 Å². The highest BCUT2D eigenvalue weighted by Gasteiger charge is 2.74. The average molecular weight is 472 g/mol. The molecule has 7 rings (SSSR count). The first-order valence-electron chi connectivity index (χ1n) is 11.7. The fourth-order valence-electron chi connectivity index (χ4n) is 6.96. The van der Waals surface area contributed by atoms with Gasteiger partial charge >= 0.3 is 0 Å². The minimum Gasteiger partial charge on any atom is -0.324 e. The lowest BCUT2D eigenvalue weighted by Gasteiger charge is -2.36. The van der Waals surface area contributed by atoms with Crippen molar-refractivity contribution < 1.29 is 14.4 Å². The highest BCUT2D eigenvalue weighted by Crippen LogP contribution is 2.61. The summed E-state index contributed by atoms with van der Waals surface area (Å²) in [5, 5.41) is 5.60. The Hall–Kier alpha value is -3.22. The van der Waals surface area contributed by atoms with Crippen LogP contribution in [0.2, 0.25) is 5.02 Å². The highest BCUT2D eigenvalue weighted by atomic mass is 35.5. The maximum Gasteiger partial charge on any atom is 0.250 e. The van der Waals surface area contributed by atoms with Crippen molar-refractivity contribution in [2.45, 2.75) is 31.3 Å². The second kappa shape index (κ2) is 6.68. The molecule has 170 valence electrons. The summed E-state index contributed by atoms with van der Waals surface area (Å²) in [5.74, 6) is -2.04. The number of halogens is 1. The standard InChI is InChI=1S/C27H22ClN3O3/c1-14-19(28)11-10-18-23(14)29-26(34)27(18)22-21(20-7-4-12-30(20)27)24(32)31(25(22)33)17-9-8-15-5-2-3-6-16(15)13-17/h2-3,5-6,8-11,13,20-22H,4,7,12H2,1H3,(H,29,34)/t20-,21-,22-,27-/m0/s1. The second-order valence-corrected chi connectivity index (χ2v) is 10.2. The van der Waals surface area contributed by atoms with Gasteiger partial charge in [-0.05, 0) is 60.8 Å². The van der Waals surface area contributed by atoms with E-state index in [2.05, 4.69) is 10.2 Å². The molecule has 0 radical (unpaired) electrons. The molecule has 4 heterocycles. The number of hydrogen-bond donors (Lipinski definition) is 1. The molecule has 1 spiro atoms. The van der Waals surface area contributed by atoms with Crippen LogP contribution in [-0.2, 0) is 19.9 Å². The van der Waals surface area contributed by atoms with Crippen LogP contribution in [0.4, 0.5) is 11.4 Å². The molecule has 3 amide bonds. The van der Waals surface area contributed by atoms with Crippen LogP contribution in [-0.4, -0.2) is 35.2 Å². The number of carbonyl (C=O) groups excluding carboxylic acids is 3. The van der Waals surface area contributed by atoms with Crippen molar-refractivity contribution in [1.82, 2.24) is 4.90 Å². The molecule has 3 aromatic rings. The van der Waals surface area contributed by atoms with Gasteiger partial charge in [0, 0.05) is 16.6 Å². The number of nitrogens with one attached hydrogen (secondary N) is 1. The zero-order valence-electron chi connectivity index (χ0n) is 18.5. The number of rotatable bonds is 1. The third-order valence-electron chi connectivity index (χ3n) is 8.35. The SMILES string of the molecule is Cc1c(Cl)ccc2c1NC(=O)[C@@]21[C@@H]2C(=O)N(c3ccc4ccccc4c3)C(=O)[C@H]2[C@@H]2CCCN21. The molecule has 3 fully saturated rings. The van der Waals surface area contributed by atoms with E-state index < -0.39 is 17.4 Å². The minimum atomic E-state index is -1.19. The van der Waals surface area contributed by atoms with Crippen molar-refractivity contribution in [3.05, 3.63) is 70.7 Å². The van der Waals surface area contributed by atoms with Gasteiger partial charge < -0.3 is 5.32 Å². The molecule has 0 aromatic heterocycles. The number of fused-ring (bicyclic) bond motifs is 8. The molecule has 3 saturated heterocycles. The smallest absolute Gasteiger partial charge is 0.250 e. The summed E-state index contributed by atoms with van der Waals surface area (Å²) >= 11 is 6.37. The lowest BCUT2D eigenvalue weighted by atomic mass is 9.75. The Morgan fingerprint density at radius 3 is 2.62 bits per heavy atom. The summed E-state index contributed by atoms with van der Waals surface area (Å²) in [5.41, 5.74) is 1.60. The summed E-state index contributed by atoms with van der Waals surface area (Å²) in [6.07, 6.45) is 1.69. The Morgan fingerprint density at radius 1 is 1.00 bits per heavy atom. The monoisotopic (exact) mass is 471 g/mol. The van der Waals surface area contributed by atoms with E-state index in [4.69, 9.17) is 11.6 Å². The van der Waals surface area contributed by atoms with Gasteiger partial charge in [0.25, 0.3) is 0 Å². The third kappa shape index (κ3) is 2.23. The molecule has 0 unspecified atom stereocenters. The van der Waals surface area contributed by atoms with E-state index in [1.54, 1.807) is 6.07 Å². The first kappa shape index (κ1) is 20.2. The average Bonchev–Trinajstić information content (AvgIpc) is 3.55. The molecule has 7 heteroatoms. The van der Waals surface area contributed by atoms with Crippen LogP contribution in [0.3, 0.4) is 0 Å². The molecular formula is C27H22ClN3O3. The van der Waals surface area contributed by atoms with Crippen molar-refractivity contribution in [3.8, 4) is 0 Å². The van der Waals surface area contributed by atoms with Crippen LogP contribution in [0.15, 0.2) is 54.6 Å². The summed E-state index contributed by atoms with van der Waals surface area (Å²) in [6, 6.07) is 17.0. The van der Waals surface area contributed by atoms with E-state index in [0.717, 1.165) is 34.7 Å². The van der Waals surface area contributed by atoms with Gasteiger partial charge in [0.2, 0.25) is 17.7 Å². The fraction of sp³-hybridized carbons (Fsp3) is 0.296. The molecule has 4 aliphatic rings. The summed E-state index contributed by atoms with van der Waals surface area (Å²) in [4.78, 5) is 45.2. The van der Waals surface area contributed by atoms with Crippen LogP contribution in [0, 0.1) is 18.8 Å². The zero-order valence-corrected chi connectivity index (χ0v) is 19.3. The highest BCUT2D eigenvalue weighted by molar-refractivity contribution is 6.32. The Bertz CT molecular complexity index is 1450. The Labute approximate surface area is 201 Å². The molecule has 4 atom stereocenters. The van der Waals surface area contributed by atoms with Crippen molar-refractivity contribution in [3.63, 3.8) is 0 Å². The number of nitrogens with zero attached hydrogens (tertiary/aromatic N) is 2. The quantitative estimate of drug-likeness (QED) is 0.539. The number of benzene rings is 3. The molecule has 4 aliphatic heterocycles. The largest absolute Gasteiger partial charge is 0.324 e. The topological polar surface area (TPSA) is 69.7 Å². The molecule has 3 aromatic carbocycles. The van der Waals surface area contributed by atoms with Crippen LogP contribution in [0.5, 0.6) is 0 Å². The molecule has 34 heavy (non-hydrogen) atoms. The molecule has 6 nitrogen and oxygen atoms in total. The number of carbonyl (C=O) groups is 3. The van der Waals surface area contributed by atoms with Gasteiger partial charge in [-0.2, -0.15) is 0 Å². The number of amides is 3. The van der Waals surface area contributed by atoms with E-state index in [1.165, 1.54) is 4.90 Å². The number of anilines is 2. The van der Waals surface area contributed by atoms with Crippen LogP contribution >= 0.6 is 11.6 Å². The molecule has 1 N–H and O–H groups in total. The van der Waals surface area contributed by atoms with E-state index in [0.29, 0.717) is 22.9 Å². The molecule has 0 saturated carbocycles. The van der Waals surface area contributed by atoms with Crippen molar-refractivity contribution in [1.29, 1.82) is 0 Å². The van der Waals surface area contributed by atoms with Crippen LogP contribution < -0.4 is 10.2 Å². The zero-order chi connectivity index (χ0) is 23.4. The van der Waals surface area contributed by atoms with Gasteiger partial charge in [-0.25, -0.2) is 4.90 Å². The van der Waals surface area contributed by atoms with Gasteiger partial charge in [-0.1, -0.05) is 48.0 Å². The maximum absolute atomic E-state index is 14.1. The van der Waals surface area contributed by atoms with Gasteiger partial charge in [0.05, 0.1) is 23.2 Å². The normalized spacial score (nSPS) is 29.8. The Kier molecular flexibility index (Phi) is 3.96. The van der Waals surface area contributed by atoms with E-state index in [9.17, 15) is 14.4 Å². The predicted octanol–water partition coefficient (Wildman–Crippen LogP) is 4.23. The summed E-state index contributed by atoms with van der Waals surface area (Å²) in [6.45, 7) is 2.56. The minimum absolute atomic E-state index is 0.139. The third-order valence-corrected chi connectivity index (χ3v) is 8.76. The Morgan fingerprint density at radius 2 is 1.79 bits per heavy atom. The van der Waals surface area contributed by atoms with Gasteiger partial charge in [0.1, 0.15) is 5.54 Å². The van der Waals surface area contributed by atoms with Gasteiger partial charge in [-0.15, -0.1) is 0 Å². The molecule has 0 bridgehead atoms. The van der Waals surface area contributed by atoms with Crippen molar-refractivity contribution >= 4 is 51.5 Å². The number of imide groups is 1. The molecule has 0 aliphatic carbocycles. The van der Waals surface area contributed by atoms with Gasteiger partial charge in [-0.3, -0.25) is 19.3 Å².